The first-order chi connectivity index (χ1) is 7.91. The van der Waals surface area contributed by atoms with E-state index in [-0.39, 0.29) is 11.7 Å². The molecule has 2 rings (SSSR count). The van der Waals surface area contributed by atoms with Gasteiger partial charge in [0.15, 0.2) is 0 Å². The van der Waals surface area contributed by atoms with Crippen LogP contribution in [0.1, 0.15) is 27.2 Å². The molecule has 0 aromatic heterocycles. The lowest BCUT2D eigenvalue weighted by Gasteiger charge is -2.28. The van der Waals surface area contributed by atoms with Gasteiger partial charge in [0, 0.05) is 25.6 Å². The highest BCUT2D eigenvalue weighted by molar-refractivity contribution is 5.67. The SMILES string of the molecule is CC(C)(C)OC(=O)NC[C@]12CNC[C@H]1CCO2. The second-order valence-corrected chi connectivity index (χ2v) is 5.89. The second kappa shape index (κ2) is 4.46. The molecule has 0 aromatic carbocycles. The first-order valence-corrected chi connectivity index (χ1v) is 6.23. The van der Waals surface area contributed by atoms with Crippen LogP contribution in [0, 0.1) is 5.92 Å². The summed E-state index contributed by atoms with van der Waals surface area (Å²) in [6, 6.07) is 0. The monoisotopic (exact) mass is 242 g/mol. The zero-order chi connectivity index (χ0) is 12.5. The van der Waals surface area contributed by atoms with Crippen molar-refractivity contribution in [3.63, 3.8) is 0 Å². The second-order valence-electron chi connectivity index (χ2n) is 5.89. The lowest BCUT2D eigenvalue weighted by atomic mass is 9.91. The van der Waals surface area contributed by atoms with Crippen LogP contribution in [0.2, 0.25) is 0 Å². The fourth-order valence-corrected chi connectivity index (χ4v) is 2.52. The van der Waals surface area contributed by atoms with Crippen LogP contribution in [0.3, 0.4) is 0 Å². The number of fused-ring (bicyclic) bond motifs is 1. The van der Waals surface area contributed by atoms with Crippen molar-refractivity contribution in [2.24, 2.45) is 5.92 Å². The molecule has 0 saturated carbocycles. The van der Waals surface area contributed by atoms with E-state index < -0.39 is 5.60 Å². The van der Waals surface area contributed by atoms with Crippen molar-refractivity contribution in [3.05, 3.63) is 0 Å². The van der Waals surface area contributed by atoms with Gasteiger partial charge in [-0.1, -0.05) is 0 Å². The van der Waals surface area contributed by atoms with Crippen LogP contribution >= 0.6 is 0 Å². The molecule has 5 heteroatoms. The summed E-state index contributed by atoms with van der Waals surface area (Å²) < 4.78 is 11.0. The van der Waals surface area contributed by atoms with E-state index in [1.807, 2.05) is 20.8 Å². The largest absolute Gasteiger partial charge is 0.444 e. The molecule has 5 nitrogen and oxygen atoms in total. The predicted molar refractivity (Wildman–Crippen MR) is 63.9 cm³/mol. The van der Waals surface area contributed by atoms with Crippen molar-refractivity contribution >= 4 is 6.09 Å². The normalized spacial score (nSPS) is 32.3. The topological polar surface area (TPSA) is 59.6 Å². The van der Waals surface area contributed by atoms with Crippen molar-refractivity contribution in [2.45, 2.75) is 38.4 Å². The summed E-state index contributed by atoms with van der Waals surface area (Å²) in [5.41, 5.74) is -0.664. The number of carbonyl (C=O) groups excluding carboxylic acids is 1. The lowest BCUT2D eigenvalue weighted by Crippen LogP contribution is -2.48. The number of hydrogen-bond acceptors (Lipinski definition) is 4. The molecule has 2 aliphatic rings. The molecule has 0 aliphatic carbocycles. The number of amides is 1. The highest BCUT2D eigenvalue weighted by atomic mass is 16.6. The highest BCUT2D eigenvalue weighted by Gasteiger charge is 2.47. The average molecular weight is 242 g/mol. The van der Waals surface area contributed by atoms with Gasteiger partial charge in [-0.15, -0.1) is 0 Å². The molecule has 0 radical (unpaired) electrons. The molecule has 0 spiro atoms. The molecule has 2 heterocycles. The third-order valence-corrected chi connectivity index (χ3v) is 3.35. The quantitative estimate of drug-likeness (QED) is 0.755. The number of rotatable bonds is 2. The van der Waals surface area contributed by atoms with Crippen molar-refractivity contribution < 1.29 is 14.3 Å². The van der Waals surface area contributed by atoms with Crippen molar-refractivity contribution in [3.8, 4) is 0 Å². The summed E-state index contributed by atoms with van der Waals surface area (Å²) in [6.07, 6.45) is 0.705. The Morgan fingerprint density at radius 1 is 1.59 bits per heavy atom. The minimum absolute atomic E-state index is 0.211. The summed E-state index contributed by atoms with van der Waals surface area (Å²) >= 11 is 0. The minimum atomic E-state index is -0.453. The van der Waals surface area contributed by atoms with Gasteiger partial charge in [0.1, 0.15) is 11.2 Å². The van der Waals surface area contributed by atoms with Crippen LogP contribution < -0.4 is 10.6 Å². The van der Waals surface area contributed by atoms with Gasteiger partial charge in [0.2, 0.25) is 0 Å². The summed E-state index contributed by atoms with van der Waals surface area (Å²) in [5.74, 6) is 0.512. The molecule has 2 N–H and O–H groups in total. The van der Waals surface area contributed by atoms with E-state index in [1.54, 1.807) is 0 Å². The van der Waals surface area contributed by atoms with Crippen LogP contribution in [0.5, 0.6) is 0 Å². The smallest absolute Gasteiger partial charge is 0.407 e. The van der Waals surface area contributed by atoms with Gasteiger partial charge < -0.3 is 20.1 Å². The fourth-order valence-electron chi connectivity index (χ4n) is 2.52. The summed E-state index contributed by atoms with van der Waals surface area (Å²) in [4.78, 5) is 11.6. The molecular weight excluding hydrogens is 220 g/mol. The zero-order valence-corrected chi connectivity index (χ0v) is 10.8. The van der Waals surface area contributed by atoms with E-state index in [9.17, 15) is 4.79 Å². The molecule has 2 atom stereocenters. The Bertz CT molecular complexity index is 289. The van der Waals surface area contributed by atoms with Gasteiger partial charge in [-0.2, -0.15) is 0 Å². The molecule has 0 bridgehead atoms. The predicted octanol–water partition coefficient (Wildman–Crippen LogP) is 0.890. The van der Waals surface area contributed by atoms with E-state index in [4.69, 9.17) is 9.47 Å². The highest BCUT2D eigenvalue weighted by Crippen LogP contribution is 2.34. The van der Waals surface area contributed by atoms with E-state index >= 15 is 0 Å². The molecule has 0 unspecified atom stereocenters. The van der Waals surface area contributed by atoms with Crippen LogP contribution in [0.25, 0.3) is 0 Å². The molecule has 2 fully saturated rings. The number of alkyl carbamates (subject to hydrolysis) is 1. The Kier molecular flexibility index (Phi) is 3.32. The third kappa shape index (κ3) is 2.90. The average Bonchev–Trinajstić information content (AvgIpc) is 2.69. The van der Waals surface area contributed by atoms with Crippen molar-refractivity contribution in [2.75, 3.05) is 26.2 Å². The van der Waals surface area contributed by atoms with Crippen molar-refractivity contribution in [1.29, 1.82) is 0 Å². The number of nitrogens with one attached hydrogen (secondary N) is 2. The van der Waals surface area contributed by atoms with Gasteiger partial charge in [-0.25, -0.2) is 4.79 Å². The first kappa shape index (κ1) is 12.6. The maximum atomic E-state index is 11.6. The Hall–Kier alpha value is -0.810. The summed E-state index contributed by atoms with van der Waals surface area (Å²) in [5, 5.41) is 6.14. The van der Waals surface area contributed by atoms with Gasteiger partial charge in [0.05, 0.1) is 6.54 Å². The Balaban J connectivity index is 1.83. The standard InChI is InChI=1S/C12H22N2O3/c1-11(2,3)17-10(15)14-8-12-7-13-6-9(12)4-5-16-12/h9,13H,4-8H2,1-3H3,(H,14,15)/t9-,12-/m1/s1. The first-order valence-electron chi connectivity index (χ1n) is 6.23. The fraction of sp³-hybridized carbons (Fsp3) is 0.917. The molecule has 1 amide bonds. The van der Waals surface area contributed by atoms with E-state index in [0.717, 1.165) is 26.1 Å². The maximum absolute atomic E-state index is 11.6. The van der Waals surface area contributed by atoms with E-state index in [0.29, 0.717) is 12.5 Å². The van der Waals surface area contributed by atoms with Crippen LogP contribution in [-0.2, 0) is 9.47 Å². The lowest BCUT2D eigenvalue weighted by molar-refractivity contribution is -0.00147. The Morgan fingerprint density at radius 2 is 2.35 bits per heavy atom. The molecule has 17 heavy (non-hydrogen) atoms. The van der Waals surface area contributed by atoms with Gasteiger partial charge >= 0.3 is 6.09 Å². The van der Waals surface area contributed by atoms with E-state index in [2.05, 4.69) is 10.6 Å². The third-order valence-electron chi connectivity index (χ3n) is 3.35. The molecule has 98 valence electrons. The molecule has 2 aliphatic heterocycles. The number of hydrogen-bond donors (Lipinski definition) is 2. The number of ether oxygens (including phenoxy) is 2. The van der Waals surface area contributed by atoms with Crippen LogP contribution in [0.15, 0.2) is 0 Å². The van der Waals surface area contributed by atoms with Gasteiger partial charge in [-0.05, 0) is 27.2 Å². The van der Waals surface area contributed by atoms with Crippen molar-refractivity contribution in [1.82, 2.24) is 10.6 Å². The van der Waals surface area contributed by atoms with Crippen LogP contribution in [0.4, 0.5) is 4.79 Å². The molecular formula is C12H22N2O3. The number of carbonyl (C=O) groups is 1. The van der Waals surface area contributed by atoms with Crippen LogP contribution in [-0.4, -0.2) is 43.5 Å². The molecule has 2 saturated heterocycles. The Morgan fingerprint density at radius 3 is 3.06 bits per heavy atom. The minimum Gasteiger partial charge on any atom is -0.444 e. The van der Waals surface area contributed by atoms with E-state index in [1.165, 1.54) is 0 Å². The van der Waals surface area contributed by atoms with Gasteiger partial charge in [0.25, 0.3) is 0 Å². The summed E-state index contributed by atoms with van der Waals surface area (Å²) in [6.45, 7) is 8.69. The van der Waals surface area contributed by atoms with Gasteiger partial charge in [-0.3, -0.25) is 0 Å². The Labute approximate surface area is 102 Å². The molecule has 0 aromatic rings. The summed E-state index contributed by atoms with van der Waals surface area (Å²) in [7, 11) is 0. The zero-order valence-electron chi connectivity index (χ0n) is 10.8. The maximum Gasteiger partial charge on any atom is 0.407 e.